The molecule has 134 valence electrons. The summed E-state index contributed by atoms with van der Waals surface area (Å²) in [5, 5.41) is 0. The molecule has 1 aliphatic rings. The number of ether oxygens (including phenoxy) is 1. The van der Waals surface area contributed by atoms with Crippen LogP contribution >= 0.6 is 0 Å². The van der Waals surface area contributed by atoms with Gasteiger partial charge in [0.05, 0.1) is 5.56 Å². The summed E-state index contributed by atoms with van der Waals surface area (Å²) in [6, 6.07) is 8.23. The van der Waals surface area contributed by atoms with E-state index in [0.717, 1.165) is 24.3 Å². The molecule has 2 aromatic carbocycles. The van der Waals surface area contributed by atoms with E-state index in [1.807, 2.05) is 0 Å². The summed E-state index contributed by atoms with van der Waals surface area (Å²) >= 11 is 0. The van der Waals surface area contributed by atoms with E-state index in [4.69, 9.17) is 4.74 Å². The first-order valence-corrected chi connectivity index (χ1v) is 8.47. The molecule has 0 unspecified atom stereocenters. The highest BCUT2D eigenvalue weighted by atomic mass is 19.3. The second kappa shape index (κ2) is 7.06. The van der Waals surface area contributed by atoms with Crippen LogP contribution in [0.25, 0.3) is 0 Å². The lowest BCUT2D eigenvalue weighted by Gasteiger charge is -2.26. The molecule has 0 N–H and O–H groups in total. The number of alkyl halides is 2. The van der Waals surface area contributed by atoms with Gasteiger partial charge in [-0.1, -0.05) is 31.9 Å². The van der Waals surface area contributed by atoms with Gasteiger partial charge in [0.1, 0.15) is 17.4 Å². The van der Waals surface area contributed by atoms with Crippen LogP contribution in [0.4, 0.5) is 17.6 Å². The van der Waals surface area contributed by atoms with E-state index in [-0.39, 0.29) is 5.75 Å². The number of hydrogen-bond acceptors (Lipinski definition) is 1. The highest BCUT2D eigenvalue weighted by Gasteiger charge is 2.35. The van der Waals surface area contributed by atoms with Gasteiger partial charge in [-0.25, -0.2) is 8.78 Å². The van der Waals surface area contributed by atoms with Crippen molar-refractivity contribution in [1.29, 1.82) is 0 Å². The van der Waals surface area contributed by atoms with Gasteiger partial charge in [0.25, 0.3) is 0 Å². The first kappa shape index (κ1) is 17.8. The Kier molecular flexibility index (Phi) is 5.02. The van der Waals surface area contributed by atoms with E-state index in [9.17, 15) is 17.6 Å². The van der Waals surface area contributed by atoms with E-state index in [1.165, 1.54) is 25.0 Å². The predicted molar refractivity (Wildman–Crippen MR) is 87.7 cm³/mol. The second-order valence-electron chi connectivity index (χ2n) is 6.80. The Morgan fingerprint density at radius 3 is 2.00 bits per heavy atom. The molecular formula is C20H20F4O. The Bertz CT molecular complexity index is 699. The smallest absolute Gasteiger partial charge is 0.426 e. The van der Waals surface area contributed by atoms with Crippen LogP contribution in [0.5, 0.6) is 5.75 Å². The molecule has 5 heteroatoms. The Hall–Kier alpha value is -2.04. The van der Waals surface area contributed by atoms with Crippen LogP contribution in [0.3, 0.4) is 0 Å². The minimum atomic E-state index is -3.81. The lowest BCUT2D eigenvalue weighted by molar-refractivity contribution is -0.185. The van der Waals surface area contributed by atoms with Crippen molar-refractivity contribution in [3.8, 4) is 5.75 Å². The maximum atomic E-state index is 14.1. The third-order valence-electron chi connectivity index (χ3n) is 4.81. The summed E-state index contributed by atoms with van der Waals surface area (Å²) < 4.78 is 59.3. The molecular weight excluding hydrogens is 332 g/mol. The fraction of sp³-hybridized carbons (Fsp3) is 0.400. The first-order chi connectivity index (χ1) is 11.8. The maximum Gasteiger partial charge on any atom is 0.426 e. The molecule has 0 heterocycles. The Balaban J connectivity index is 1.72. The second-order valence-corrected chi connectivity index (χ2v) is 6.80. The third kappa shape index (κ3) is 4.33. The van der Waals surface area contributed by atoms with Crippen molar-refractivity contribution in [2.24, 2.45) is 5.92 Å². The molecule has 0 aliphatic heterocycles. The molecule has 1 saturated carbocycles. The Labute approximate surface area is 144 Å². The van der Waals surface area contributed by atoms with Crippen LogP contribution in [0.2, 0.25) is 0 Å². The molecule has 1 aliphatic carbocycles. The van der Waals surface area contributed by atoms with Crippen molar-refractivity contribution in [3.05, 3.63) is 65.2 Å². The van der Waals surface area contributed by atoms with E-state index in [0.29, 0.717) is 24.1 Å². The molecule has 25 heavy (non-hydrogen) atoms. The predicted octanol–water partition coefficient (Wildman–Crippen LogP) is 6.39. The normalized spacial score (nSPS) is 21.2. The summed E-state index contributed by atoms with van der Waals surface area (Å²) in [5.74, 6) is -0.991. The van der Waals surface area contributed by atoms with Gasteiger partial charge < -0.3 is 4.74 Å². The van der Waals surface area contributed by atoms with Gasteiger partial charge in [0.15, 0.2) is 0 Å². The number of rotatable bonds is 4. The third-order valence-corrected chi connectivity index (χ3v) is 4.81. The van der Waals surface area contributed by atoms with Crippen molar-refractivity contribution < 1.29 is 22.3 Å². The van der Waals surface area contributed by atoms with Crippen molar-refractivity contribution in [2.75, 3.05) is 0 Å². The molecule has 1 nitrogen and oxygen atoms in total. The van der Waals surface area contributed by atoms with E-state index < -0.39 is 23.3 Å². The average Bonchev–Trinajstić information content (AvgIpc) is 2.55. The number of hydrogen-bond donors (Lipinski definition) is 0. The SMILES string of the molecule is CC1CCC(c2ccc(OC(F)(F)c3cc(F)cc(F)c3)cc2)CC1. The molecule has 0 radical (unpaired) electrons. The Morgan fingerprint density at radius 1 is 0.880 bits per heavy atom. The highest BCUT2D eigenvalue weighted by Crippen LogP contribution is 2.37. The molecule has 0 amide bonds. The van der Waals surface area contributed by atoms with Gasteiger partial charge in [-0.15, -0.1) is 0 Å². The van der Waals surface area contributed by atoms with Gasteiger partial charge in [-0.05, 0) is 54.5 Å². The molecule has 0 atom stereocenters. The van der Waals surface area contributed by atoms with Crippen molar-refractivity contribution >= 4 is 0 Å². The van der Waals surface area contributed by atoms with Crippen molar-refractivity contribution in [1.82, 2.24) is 0 Å². The van der Waals surface area contributed by atoms with Crippen LogP contribution in [0.1, 0.15) is 49.7 Å². The lowest BCUT2D eigenvalue weighted by atomic mass is 9.79. The fourth-order valence-electron chi connectivity index (χ4n) is 3.33. The standard InChI is InChI=1S/C20H20F4O/c1-13-2-4-14(5-3-13)15-6-8-19(9-7-15)25-20(23,24)16-10-17(21)12-18(22)11-16/h6-14H,2-5H2,1H3. The monoisotopic (exact) mass is 352 g/mol. The topological polar surface area (TPSA) is 9.23 Å². The minimum absolute atomic E-state index is 0.0393. The summed E-state index contributed by atoms with van der Waals surface area (Å²) in [7, 11) is 0. The summed E-state index contributed by atoms with van der Waals surface area (Å²) in [6.45, 7) is 2.24. The van der Waals surface area contributed by atoms with Gasteiger partial charge in [0.2, 0.25) is 0 Å². The zero-order valence-electron chi connectivity index (χ0n) is 13.9. The molecule has 0 saturated heterocycles. The van der Waals surface area contributed by atoms with Crippen LogP contribution < -0.4 is 4.74 Å². The summed E-state index contributed by atoms with van der Waals surface area (Å²) in [5.41, 5.74) is 0.259. The van der Waals surface area contributed by atoms with Gasteiger partial charge in [-0.2, -0.15) is 8.78 Å². The Morgan fingerprint density at radius 2 is 1.44 bits per heavy atom. The molecule has 0 aromatic heterocycles. The first-order valence-electron chi connectivity index (χ1n) is 8.47. The van der Waals surface area contributed by atoms with E-state index in [1.54, 1.807) is 12.1 Å². The summed E-state index contributed by atoms with van der Waals surface area (Å²) in [6.07, 6.45) is 0.725. The molecule has 0 bridgehead atoms. The van der Waals surface area contributed by atoms with Crippen molar-refractivity contribution in [3.63, 3.8) is 0 Å². The number of benzene rings is 2. The maximum absolute atomic E-state index is 14.1. The van der Waals surface area contributed by atoms with E-state index in [2.05, 4.69) is 6.92 Å². The summed E-state index contributed by atoms with van der Waals surface area (Å²) in [4.78, 5) is 0. The van der Waals surface area contributed by atoms with E-state index >= 15 is 0 Å². The largest absolute Gasteiger partial charge is 0.429 e. The quantitative estimate of drug-likeness (QED) is 0.580. The molecule has 2 aromatic rings. The van der Waals surface area contributed by atoms with Crippen molar-refractivity contribution in [2.45, 2.75) is 44.6 Å². The molecule has 3 rings (SSSR count). The van der Waals surface area contributed by atoms with Gasteiger partial charge in [-0.3, -0.25) is 0 Å². The molecule has 0 spiro atoms. The van der Waals surface area contributed by atoms with Gasteiger partial charge >= 0.3 is 6.11 Å². The van der Waals surface area contributed by atoms with Crippen LogP contribution in [0.15, 0.2) is 42.5 Å². The number of halogens is 4. The minimum Gasteiger partial charge on any atom is -0.429 e. The van der Waals surface area contributed by atoms with Crippen LogP contribution in [0, 0.1) is 17.6 Å². The highest BCUT2D eigenvalue weighted by molar-refractivity contribution is 5.31. The fourth-order valence-corrected chi connectivity index (χ4v) is 3.33. The zero-order chi connectivity index (χ0) is 18.0. The average molecular weight is 352 g/mol. The lowest BCUT2D eigenvalue weighted by Crippen LogP contribution is -2.22. The van der Waals surface area contributed by atoms with Crippen LogP contribution in [-0.4, -0.2) is 0 Å². The van der Waals surface area contributed by atoms with Gasteiger partial charge in [0, 0.05) is 6.07 Å². The van der Waals surface area contributed by atoms with Crippen LogP contribution in [-0.2, 0) is 6.11 Å². The zero-order valence-corrected chi connectivity index (χ0v) is 13.9. The molecule has 1 fully saturated rings.